The van der Waals surface area contributed by atoms with E-state index in [1.165, 1.54) is 6.07 Å². The van der Waals surface area contributed by atoms with Crippen LogP contribution in [0.15, 0.2) is 18.2 Å². The van der Waals surface area contributed by atoms with Crippen LogP contribution in [0.2, 0.25) is 5.02 Å². The minimum atomic E-state index is -0.738. The molecule has 0 bridgehead atoms. The molecule has 1 nitrogen and oxygen atoms in total. The molecule has 3 heteroatoms. The summed E-state index contributed by atoms with van der Waals surface area (Å²) in [5.74, 6) is 0.254. The van der Waals surface area contributed by atoms with Crippen LogP contribution >= 0.6 is 11.6 Å². The second-order valence-corrected chi connectivity index (χ2v) is 7.61. The fourth-order valence-corrected chi connectivity index (χ4v) is 3.63. The van der Waals surface area contributed by atoms with Gasteiger partial charge in [0, 0.05) is 6.42 Å². The van der Waals surface area contributed by atoms with Gasteiger partial charge in [0.2, 0.25) is 0 Å². The Morgan fingerprint density at radius 2 is 1.95 bits per heavy atom. The Labute approximate surface area is 132 Å². The van der Waals surface area contributed by atoms with Gasteiger partial charge in [-0.25, -0.2) is 4.39 Å². The summed E-state index contributed by atoms with van der Waals surface area (Å²) in [5, 5.41) is 11.0. The molecule has 1 fully saturated rings. The molecule has 0 unspecified atom stereocenters. The first kappa shape index (κ1) is 16.8. The lowest BCUT2D eigenvalue weighted by Crippen LogP contribution is -2.39. The third kappa shape index (κ3) is 3.78. The van der Waals surface area contributed by atoms with Crippen LogP contribution in [0.3, 0.4) is 0 Å². The van der Waals surface area contributed by atoms with Crippen LogP contribution < -0.4 is 0 Å². The highest BCUT2D eigenvalue weighted by molar-refractivity contribution is 6.31. The van der Waals surface area contributed by atoms with Gasteiger partial charge in [0.15, 0.2) is 0 Å². The summed E-state index contributed by atoms with van der Waals surface area (Å²) >= 11 is 6.01. The van der Waals surface area contributed by atoms with E-state index in [4.69, 9.17) is 11.6 Å². The molecule has 1 aromatic rings. The zero-order valence-corrected chi connectivity index (χ0v) is 14.0. The maximum absolute atomic E-state index is 13.5. The van der Waals surface area contributed by atoms with Crippen molar-refractivity contribution in [2.75, 3.05) is 0 Å². The van der Waals surface area contributed by atoms with Gasteiger partial charge in [-0.3, -0.25) is 0 Å². The molecule has 1 aromatic carbocycles. The molecule has 1 aliphatic carbocycles. The number of benzene rings is 1. The number of rotatable bonds is 4. The maximum atomic E-state index is 13.5. The quantitative estimate of drug-likeness (QED) is 0.791. The zero-order valence-electron chi connectivity index (χ0n) is 13.3. The number of aliphatic hydroxyl groups is 1. The van der Waals surface area contributed by atoms with Crippen LogP contribution in [0.4, 0.5) is 4.39 Å². The molecule has 0 aliphatic heterocycles. The Hall–Kier alpha value is -0.600. The van der Waals surface area contributed by atoms with Crippen LogP contribution in [0.5, 0.6) is 0 Å². The summed E-state index contributed by atoms with van der Waals surface area (Å²) in [6.07, 6.45) is 5.21. The normalized spacial score (nSPS) is 26.9. The molecular formula is C18H26ClFO. The highest BCUT2D eigenvalue weighted by Crippen LogP contribution is 2.44. The molecule has 21 heavy (non-hydrogen) atoms. The van der Waals surface area contributed by atoms with Crippen LogP contribution in [0.25, 0.3) is 0 Å². The molecule has 118 valence electrons. The first-order valence-corrected chi connectivity index (χ1v) is 8.30. The average Bonchev–Trinajstić information content (AvgIpc) is 2.44. The highest BCUT2D eigenvalue weighted by atomic mass is 35.5. The first-order chi connectivity index (χ1) is 9.77. The van der Waals surface area contributed by atoms with Crippen molar-refractivity contribution in [1.82, 2.24) is 0 Å². The van der Waals surface area contributed by atoms with Gasteiger partial charge in [-0.1, -0.05) is 50.9 Å². The molecule has 0 aromatic heterocycles. The molecule has 1 saturated carbocycles. The van der Waals surface area contributed by atoms with Gasteiger partial charge in [0.1, 0.15) is 5.82 Å². The number of hydrogen-bond acceptors (Lipinski definition) is 1. The second kappa shape index (κ2) is 6.26. The van der Waals surface area contributed by atoms with Crippen molar-refractivity contribution in [1.29, 1.82) is 0 Å². The lowest BCUT2D eigenvalue weighted by Gasteiger charge is -2.42. The highest BCUT2D eigenvalue weighted by Gasteiger charge is 2.38. The van der Waals surface area contributed by atoms with Crippen molar-refractivity contribution in [2.24, 2.45) is 11.3 Å². The van der Waals surface area contributed by atoms with E-state index in [2.05, 4.69) is 20.8 Å². The van der Waals surface area contributed by atoms with E-state index in [-0.39, 0.29) is 5.02 Å². The molecule has 2 rings (SSSR count). The molecule has 1 aliphatic rings. The molecular weight excluding hydrogens is 287 g/mol. The van der Waals surface area contributed by atoms with Crippen LogP contribution in [0.1, 0.15) is 58.4 Å². The third-order valence-electron chi connectivity index (χ3n) is 5.48. The van der Waals surface area contributed by atoms with Gasteiger partial charge in [0.25, 0.3) is 0 Å². The molecule has 0 spiro atoms. The van der Waals surface area contributed by atoms with Crippen molar-refractivity contribution < 1.29 is 9.50 Å². The van der Waals surface area contributed by atoms with Crippen molar-refractivity contribution in [3.63, 3.8) is 0 Å². The fraction of sp³-hybridized carbons (Fsp3) is 0.667. The molecule has 0 radical (unpaired) electrons. The number of hydrogen-bond donors (Lipinski definition) is 1. The van der Waals surface area contributed by atoms with Gasteiger partial charge in [-0.15, -0.1) is 0 Å². The minimum absolute atomic E-state index is 0.155. The van der Waals surface area contributed by atoms with E-state index >= 15 is 0 Å². The Balaban J connectivity index is 2.04. The molecule has 0 amide bonds. The van der Waals surface area contributed by atoms with E-state index in [0.29, 0.717) is 23.3 Å². The standard InChI is InChI=1S/C18H26ClFO/c1-4-17(2,3)14-8-10-18(21,11-9-14)12-13-6-5-7-15(20)16(13)19/h5-7,14,21H,4,8-12H2,1-3H3. The zero-order chi connectivity index (χ0) is 15.7. The largest absolute Gasteiger partial charge is 0.390 e. The van der Waals surface area contributed by atoms with Gasteiger partial charge < -0.3 is 5.11 Å². The Bertz CT molecular complexity index is 490. The summed E-state index contributed by atoms with van der Waals surface area (Å²) in [7, 11) is 0. The van der Waals surface area contributed by atoms with E-state index in [1.54, 1.807) is 6.07 Å². The second-order valence-electron chi connectivity index (χ2n) is 7.23. The van der Waals surface area contributed by atoms with E-state index in [1.807, 2.05) is 6.07 Å². The summed E-state index contributed by atoms with van der Waals surface area (Å²) in [6.45, 7) is 6.85. The maximum Gasteiger partial charge on any atom is 0.142 e. The summed E-state index contributed by atoms with van der Waals surface area (Å²) in [4.78, 5) is 0. The summed E-state index contributed by atoms with van der Waals surface area (Å²) in [5.41, 5.74) is 0.308. The Morgan fingerprint density at radius 3 is 2.52 bits per heavy atom. The van der Waals surface area contributed by atoms with Crippen molar-refractivity contribution in [3.8, 4) is 0 Å². The van der Waals surface area contributed by atoms with Crippen molar-refractivity contribution in [3.05, 3.63) is 34.6 Å². The van der Waals surface area contributed by atoms with Crippen LogP contribution in [-0.2, 0) is 6.42 Å². The fourth-order valence-electron chi connectivity index (χ4n) is 3.44. The molecule has 0 atom stereocenters. The van der Waals surface area contributed by atoms with E-state index < -0.39 is 11.4 Å². The topological polar surface area (TPSA) is 20.2 Å². The molecule has 1 N–H and O–H groups in total. The number of halogens is 2. The van der Waals surface area contributed by atoms with Gasteiger partial charge in [-0.05, 0) is 48.6 Å². The lowest BCUT2D eigenvalue weighted by atomic mass is 9.65. The summed E-state index contributed by atoms with van der Waals surface area (Å²) in [6, 6.07) is 4.83. The van der Waals surface area contributed by atoms with E-state index in [0.717, 1.165) is 32.1 Å². The molecule has 0 saturated heterocycles. The predicted molar refractivity (Wildman–Crippen MR) is 86.1 cm³/mol. The smallest absolute Gasteiger partial charge is 0.142 e. The summed E-state index contributed by atoms with van der Waals surface area (Å²) < 4.78 is 13.5. The SMILES string of the molecule is CCC(C)(C)C1CCC(O)(Cc2cccc(F)c2Cl)CC1. The Kier molecular flexibility index (Phi) is 4.99. The average molecular weight is 313 g/mol. The monoisotopic (exact) mass is 312 g/mol. The molecule has 0 heterocycles. The van der Waals surface area contributed by atoms with Gasteiger partial charge in [0.05, 0.1) is 10.6 Å². The first-order valence-electron chi connectivity index (χ1n) is 7.93. The Morgan fingerprint density at radius 1 is 1.33 bits per heavy atom. The third-order valence-corrected chi connectivity index (χ3v) is 5.91. The minimum Gasteiger partial charge on any atom is -0.390 e. The van der Waals surface area contributed by atoms with Crippen LogP contribution in [0, 0.1) is 17.2 Å². The van der Waals surface area contributed by atoms with Crippen molar-refractivity contribution >= 4 is 11.6 Å². The van der Waals surface area contributed by atoms with Crippen molar-refractivity contribution in [2.45, 2.75) is 64.9 Å². The van der Waals surface area contributed by atoms with Crippen LogP contribution in [-0.4, -0.2) is 10.7 Å². The van der Waals surface area contributed by atoms with E-state index in [9.17, 15) is 9.50 Å². The van der Waals surface area contributed by atoms with Gasteiger partial charge >= 0.3 is 0 Å². The predicted octanol–water partition coefficient (Wildman–Crippen LogP) is 5.38. The lowest BCUT2D eigenvalue weighted by molar-refractivity contribution is -0.0276. The van der Waals surface area contributed by atoms with Gasteiger partial charge in [-0.2, -0.15) is 0 Å².